The van der Waals surface area contributed by atoms with Crippen LogP contribution in [-0.4, -0.2) is 46.3 Å². The summed E-state index contributed by atoms with van der Waals surface area (Å²) in [6, 6.07) is 0. The van der Waals surface area contributed by atoms with Crippen molar-refractivity contribution in [2.75, 3.05) is 13.1 Å². The molecule has 6 heteroatoms. The minimum Gasteiger partial charge on any atom is -0.480 e. The average molecular weight is 258 g/mol. The average Bonchev–Trinajstić information content (AvgIpc) is 2.38. The highest BCUT2D eigenvalue weighted by Crippen LogP contribution is 2.21. The van der Waals surface area contributed by atoms with Crippen LogP contribution in [0.3, 0.4) is 0 Å². The van der Waals surface area contributed by atoms with E-state index in [1.54, 1.807) is 20.8 Å². The van der Waals surface area contributed by atoms with Crippen LogP contribution >= 0.6 is 0 Å². The fraction of sp³-hybridized carbons (Fsp3) is 0.833. The van der Waals surface area contributed by atoms with E-state index in [1.807, 2.05) is 0 Å². The van der Waals surface area contributed by atoms with E-state index in [9.17, 15) is 9.59 Å². The summed E-state index contributed by atoms with van der Waals surface area (Å²) in [6.07, 6.45) is 1.32. The SMILES string of the molecule is CC(C)(C)OC(=O)N1CCCCC(N)(C(=O)O)C1. The number of carboxylic acids is 1. The van der Waals surface area contributed by atoms with Gasteiger partial charge in [0.2, 0.25) is 0 Å². The predicted octanol–water partition coefficient (Wildman–Crippen LogP) is 1.19. The Bertz CT molecular complexity index is 337. The third kappa shape index (κ3) is 3.87. The molecular formula is C12H22N2O4. The highest BCUT2D eigenvalue weighted by atomic mass is 16.6. The van der Waals surface area contributed by atoms with Crippen molar-refractivity contribution in [3.63, 3.8) is 0 Å². The normalized spacial score (nSPS) is 25.4. The molecule has 0 aromatic heterocycles. The molecule has 1 amide bonds. The van der Waals surface area contributed by atoms with Gasteiger partial charge in [-0.25, -0.2) is 4.79 Å². The zero-order valence-electron chi connectivity index (χ0n) is 11.2. The molecule has 6 nitrogen and oxygen atoms in total. The second-order valence-corrected chi connectivity index (χ2v) is 5.82. The molecule has 18 heavy (non-hydrogen) atoms. The fourth-order valence-electron chi connectivity index (χ4n) is 1.90. The van der Waals surface area contributed by atoms with Crippen LogP contribution in [0.4, 0.5) is 4.79 Å². The van der Waals surface area contributed by atoms with Crippen LogP contribution in [0.15, 0.2) is 0 Å². The summed E-state index contributed by atoms with van der Waals surface area (Å²) in [6.45, 7) is 5.80. The molecule has 1 rings (SSSR count). The van der Waals surface area contributed by atoms with Gasteiger partial charge >= 0.3 is 12.1 Å². The molecule has 0 aromatic carbocycles. The summed E-state index contributed by atoms with van der Waals surface area (Å²) >= 11 is 0. The summed E-state index contributed by atoms with van der Waals surface area (Å²) in [4.78, 5) is 24.5. The third-order valence-electron chi connectivity index (χ3n) is 2.85. The second-order valence-electron chi connectivity index (χ2n) is 5.82. The number of carbonyl (C=O) groups excluding carboxylic acids is 1. The maximum atomic E-state index is 11.9. The van der Waals surface area contributed by atoms with Crippen molar-refractivity contribution in [2.24, 2.45) is 5.73 Å². The molecule has 1 heterocycles. The Morgan fingerprint density at radius 3 is 2.44 bits per heavy atom. The number of aliphatic carboxylic acids is 1. The molecule has 0 radical (unpaired) electrons. The Hall–Kier alpha value is -1.30. The van der Waals surface area contributed by atoms with E-state index in [2.05, 4.69) is 0 Å². The summed E-state index contributed by atoms with van der Waals surface area (Å²) in [5.74, 6) is -1.07. The number of rotatable bonds is 1. The van der Waals surface area contributed by atoms with Crippen LogP contribution in [0.25, 0.3) is 0 Å². The largest absolute Gasteiger partial charge is 0.480 e. The number of hydrogen-bond acceptors (Lipinski definition) is 4. The van der Waals surface area contributed by atoms with Gasteiger partial charge in [-0.3, -0.25) is 4.79 Å². The van der Waals surface area contributed by atoms with Gasteiger partial charge in [0.25, 0.3) is 0 Å². The first-order chi connectivity index (χ1) is 8.14. The van der Waals surface area contributed by atoms with Crippen LogP contribution in [-0.2, 0) is 9.53 Å². The van der Waals surface area contributed by atoms with Gasteiger partial charge in [0.15, 0.2) is 0 Å². The maximum Gasteiger partial charge on any atom is 0.410 e. The molecule has 0 aromatic rings. The molecule has 0 spiro atoms. The molecule has 1 aliphatic heterocycles. The van der Waals surface area contributed by atoms with Crippen LogP contribution in [0.1, 0.15) is 40.0 Å². The van der Waals surface area contributed by atoms with Gasteiger partial charge in [-0.15, -0.1) is 0 Å². The number of nitrogens with two attached hydrogens (primary N) is 1. The Labute approximate surface area is 107 Å². The Morgan fingerprint density at radius 2 is 1.94 bits per heavy atom. The summed E-state index contributed by atoms with van der Waals surface area (Å²) < 4.78 is 5.24. The summed E-state index contributed by atoms with van der Waals surface area (Å²) in [5, 5.41) is 9.15. The number of carboxylic acid groups (broad SMARTS) is 1. The van der Waals surface area contributed by atoms with E-state index in [0.717, 1.165) is 6.42 Å². The topological polar surface area (TPSA) is 92.9 Å². The quantitative estimate of drug-likeness (QED) is 0.737. The number of nitrogens with zero attached hydrogens (tertiary/aromatic N) is 1. The summed E-state index contributed by atoms with van der Waals surface area (Å²) in [7, 11) is 0. The van der Waals surface area contributed by atoms with Crippen molar-refractivity contribution in [2.45, 2.75) is 51.2 Å². The lowest BCUT2D eigenvalue weighted by Gasteiger charge is -2.31. The van der Waals surface area contributed by atoms with Gasteiger partial charge < -0.3 is 20.5 Å². The second kappa shape index (κ2) is 5.14. The van der Waals surface area contributed by atoms with E-state index in [1.165, 1.54) is 4.90 Å². The van der Waals surface area contributed by atoms with Crippen molar-refractivity contribution >= 4 is 12.1 Å². The molecule has 0 bridgehead atoms. The van der Waals surface area contributed by atoms with Gasteiger partial charge in [-0.2, -0.15) is 0 Å². The molecule has 1 saturated heterocycles. The summed E-state index contributed by atoms with van der Waals surface area (Å²) in [5.41, 5.74) is 3.88. The minimum atomic E-state index is -1.37. The molecule has 1 atom stereocenters. The monoisotopic (exact) mass is 258 g/mol. The highest BCUT2D eigenvalue weighted by molar-refractivity contribution is 5.80. The van der Waals surface area contributed by atoms with Crippen molar-refractivity contribution in [3.05, 3.63) is 0 Å². The first-order valence-corrected chi connectivity index (χ1v) is 6.14. The van der Waals surface area contributed by atoms with Crippen molar-refractivity contribution < 1.29 is 19.4 Å². The zero-order valence-corrected chi connectivity index (χ0v) is 11.2. The lowest BCUT2D eigenvalue weighted by Crippen LogP contribution is -2.56. The van der Waals surface area contributed by atoms with E-state index < -0.39 is 23.2 Å². The number of likely N-dealkylation sites (tertiary alicyclic amines) is 1. The van der Waals surface area contributed by atoms with Crippen molar-refractivity contribution in [3.8, 4) is 0 Å². The van der Waals surface area contributed by atoms with Crippen LogP contribution in [0.2, 0.25) is 0 Å². The third-order valence-corrected chi connectivity index (χ3v) is 2.85. The van der Waals surface area contributed by atoms with Gasteiger partial charge in [-0.1, -0.05) is 0 Å². The van der Waals surface area contributed by atoms with E-state index in [0.29, 0.717) is 19.4 Å². The van der Waals surface area contributed by atoms with Crippen LogP contribution in [0.5, 0.6) is 0 Å². The highest BCUT2D eigenvalue weighted by Gasteiger charge is 2.39. The molecule has 0 saturated carbocycles. The molecule has 3 N–H and O–H groups in total. The number of carbonyl (C=O) groups is 2. The minimum absolute atomic E-state index is 0.00273. The van der Waals surface area contributed by atoms with E-state index in [-0.39, 0.29) is 6.54 Å². The Kier molecular flexibility index (Phi) is 4.21. The van der Waals surface area contributed by atoms with Crippen molar-refractivity contribution in [1.82, 2.24) is 4.90 Å². The molecule has 0 aliphatic carbocycles. The first-order valence-electron chi connectivity index (χ1n) is 6.14. The number of hydrogen-bond donors (Lipinski definition) is 2. The molecule has 1 aliphatic rings. The number of amides is 1. The maximum absolute atomic E-state index is 11.9. The lowest BCUT2D eigenvalue weighted by molar-refractivity contribution is -0.144. The molecular weight excluding hydrogens is 236 g/mol. The predicted molar refractivity (Wildman–Crippen MR) is 66.2 cm³/mol. The first kappa shape index (κ1) is 14.8. The number of ether oxygens (including phenoxy) is 1. The fourth-order valence-corrected chi connectivity index (χ4v) is 1.90. The van der Waals surface area contributed by atoms with E-state index in [4.69, 9.17) is 15.6 Å². The zero-order chi connectivity index (χ0) is 14.0. The van der Waals surface area contributed by atoms with Crippen LogP contribution in [0, 0.1) is 0 Å². The standard InChI is InChI=1S/C12H22N2O4/c1-11(2,3)18-10(17)14-7-5-4-6-12(13,8-14)9(15)16/h4-8,13H2,1-3H3,(H,15,16). The smallest absolute Gasteiger partial charge is 0.410 e. The molecule has 104 valence electrons. The van der Waals surface area contributed by atoms with Crippen molar-refractivity contribution in [1.29, 1.82) is 0 Å². The van der Waals surface area contributed by atoms with Gasteiger partial charge in [0, 0.05) is 6.54 Å². The molecule has 1 fully saturated rings. The van der Waals surface area contributed by atoms with Crippen LogP contribution < -0.4 is 5.73 Å². The van der Waals surface area contributed by atoms with E-state index >= 15 is 0 Å². The Balaban J connectivity index is 2.76. The molecule has 1 unspecified atom stereocenters. The van der Waals surface area contributed by atoms with Gasteiger partial charge in [0.1, 0.15) is 11.1 Å². The van der Waals surface area contributed by atoms with Gasteiger partial charge in [-0.05, 0) is 40.0 Å². The van der Waals surface area contributed by atoms with Gasteiger partial charge in [0.05, 0.1) is 6.54 Å². The Morgan fingerprint density at radius 1 is 1.33 bits per heavy atom. The lowest BCUT2D eigenvalue weighted by atomic mass is 9.95.